The Kier molecular flexibility index (Phi) is 9.74. The highest BCUT2D eigenvalue weighted by Gasteiger charge is 2.46. The summed E-state index contributed by atoms with van der Waals surface area (Å²) in [5, 5.41) is 32.8. The molecule has 4 rings (SSSR count). The molecule has 0 heterocycles. The summed E-state index contributed by atoms with van der Waals surface area (Å²) >= 11 is 0. The van der Waals surface area contributed by atoms with E-state index in [9.17, 15) is 41.5 Å². The lowest BCUT2D eigenvalue weighted by Crippen LogP contribution is -2.52. The summed E-state index contributed by atoms with van der Waals surface area (Å²) in [7, 11) is 0. The minimum Gasteiger partial charge on any atom is -0.382 e. The fourth-order valence-corrected chi connectivity index (χ4v) is 4.69. The molecule has 224 valence electrons. The number of aliphatic hydroxyl groups is 1. The average molecular weight is 601 g/mol. The van der Waals surface area contributed by atoms with Crippen LogP contribution in [0.15, 0.2) is 66.7 Å². The molecule has 1 saturated carbocycles. The Morgan fingerprint density at radius 1 is 0.953 bits per heavy atom. The Morgan fingerprint density at radius 3 is 2.00 bits per heavy atom. The lowest BCUT2D eigenvalue weighted by molar-refractivity contribution is -0.161. The first-order valence-corrected chi connectivity index (χ1v) is 13.3. The normalized spacial score (nSPS) is 16.0. The molecule has 0 spiro atoms. The van der Waals surface area contributed by atoms with Gasteiger partial charge in [0.05, 0.1) is 23.7 Å². The zero-order valence-electron chi connectivity index (χ0n) is 22.5. The maximum atomic E-state index is 14.3. The summed E-state index contributed by atoms with van der Waals surface area (Å²) in [6.45, 7) is 0. The van der Waals surface area contributed by atoms with Crippen LogP contribution in [0.4, 0.5) is 26.3 Å². The second-order valence-corrected chi connectivity index (χ2v) is 10.3. The van der Waals surface area contributed by atoms with Gasteiger partial charge in [-0.05, 0) is 58.7 Å². The summed E-state index contributed by atoms with van der Waals surface area (Å²) in [5.41, 5.74) is 1.01. The van der Waals surface area contributed by atoms with Gasteiger partial charge >= 0.3 is 6.18 Å². The molecule has 1 aliphatic rings. The van der Waals surface area contributed by atoms with Crippen molar-refractivity contribution in [2.24, 2.45) is 5.92 Å². The van der Waals surface area contributed by atoms with Crippen LogP contribution < -0.4 is 10.6 Å². The van der Waals surface area contributed by atoms with E-state index in [2.05, 4.69) is 10.6 Å². The van der Waals surface area contributed by atoms with Crippen molar-refractivity contribution in [1.82, 2.24) is 10.6 Å². The molecule has 1 amide bonds. The van der Waals surface area contributed by atoms with E-state index in [-0.39, 0.29) is 28.7 Å². The Morgan fingerprint density at radius 2 is 1.53 bits per heavy atom. The topological polar surface area (TPSA) is 109 Å². The van der Waals surface area contributed by atoms with Gasteiger partial charge < -0.3 is 10.4 Å². The molecule has 4 atom stereocenters. The monoisotopic (exact) mass is 600 g/mol. The molecule has 0 aromatic heterocycles. The third-order valence-corrected chi connectivity index (χ3v) is 7.20. The summed E-state index contributed by atoms with van der Waals surface area (Å²) in [6, 6.07) is 13.5. The second-order valence-electron chi connectivity index (χ2n) is 10.3. The van der Waals surface area contributed by atoms with Crippen LogP contribution in [0.2, 0.25) is 0 Å². The predicted molar refractivity (Wildman–Crippen MR) is 144 cm³/mol. The predicted octanol–water partition coefficient (Wildman–Crippen LogP) is 5.89. The van der Waals surface area contributed by atoms with E-state index in [0.717, 1.165) is 6.07 Å². The number of carbonyl (C=O) groups is 1. The zero-order valence-corrected chi connectivity index (χ0v) is 22.5. The second kappa shape index (κ2) is 13.3. The van der Waals surface area contributed by atoms with Crippen LogP contribution in [0, 0.1) is 34.4 Å². The molecule has 6 nitrogen and oxygen atoms in total. The molecule has 12 heteroatoms. The number of benzene rings is 3. The van der Waals surface area contributed by atoms with Crippen LogP contribution in [0.3, 0.4) is 0 Å². The van der Waals surface area contributed by atoms with Crippen molar-refractivity contribution in [3.8, 4) is 23.3 Å². The van der Waals surface area contributed by atoms with Crippen LogP contribution in [0.5, 0.6) is 0 Å². The molecule has 1 fully saturated rings. The molecule has 0 saturated heterocycles. The molecule has 0 aliphatic heterocycles. The lowest BCUT2D eigenvalue weighted by atomic mass is 9.98. The molecule has 1 unspecified atom stereocenters. The van der Waals surface area contributed by atoms with Gasteiger partial charge in [-0.25, -0.2) is 13.2 Å². The van der Waals surface area contributed by atoms with Crippen molar-refractivity contribution in [2.45, 2.75) is 56.1 Å². The van der Waals surface area contributed by atoms with E-state index in [1.807, 2.05) is 6.07 Å². The quantitative estimate of drug-likeness (QED) is 0.238. The summed E-state index contributed by atoms with van der Waals surface area (Å²) in [5.74, 6) is -1.95. The summed E-state index contributed by atoms with van der Waals surface area (Å²) in [6.07, 6.45) is -8.94. The summed E-state index contributed by atoms with van der Waals surface area (Å²) < 4.78 is 82.6. The van der Waals surface area contributed by atoms with Crippen molar-refractivity contribution in [3.63, 3.8) is 0 Å². The fourth-order valence-electron chi connectivity index (χ4n) is 4.69. The van der Waals surface area contributed by atoms with Crippen molar-refractivity contribution in [2.75, 3.05) is 0 Å². The van der Waals surface area contributed by atoms with Crippen LogP contribution in [-0.2, 0) is 11.2 Å². The number of hydrogen-bond donors (Lipinski definition) is 3. The van der Waals surface area contributed by atoms with Gasteiger partial charge in [-0.3, -0.25) is 10.1 Å². The van der Waals surface area contributed by atoms with E-state index >= 15 is 0 Å². The van der Waals surface area contributed by atoms with Gasteiger partial charge in [-0.15, -0.1) is 0 Å². The number of aliphatic hydroxyl groups excluding tert-OH is 1. The van der Waals surface area contributed by atoms with Gasteiger partial charge in [0, 0.05) is 6.42 Å². The number of rotatable bonds is 11. The van der Waals surface area contributed by atoms with Crippen molar-refractivity contribution >= 4 is 5.91 Å². The third kappa shape index (κ3) is 7.92. The molecule has 3 N–H and O–H groups in total. The largest absolute Gasteiger partial charge is 0.407 e. The fraction of sp³-hybridized carbons (Fsp3) is 0.323. The highest BCUT2D eigenvalue weighted by atomic mass is 19.4. The Labute approximate surface area is 243 Å². The van der Waals surface area contributed by atoms with Gasteiger partial charge in [0.1, 0.15) is 24.0 Å². The maximum Gasteiger partial charge on any atom is 0.407 e. The molecule has 43 heavy (non-hydrogen) atoms. The number of alkyl halides is 5. The van der Waals surface area contributed by atoms with Crippen molar-refractivity contribution in [1.29, 1.82) is 10.5 Å². The highest BCUT2D eigenvalue weighted by Crippen LogP contribution is 2.39. The van der Waals surface area contributed by atoms with Gasteiger partial charge in [0.2, 0.25) is 5.91 Å². The van der Waals surface area contributed by atoms with Crippen LogP contribution in [0.1, 0.15) is 47.2 Å². The number of nitrogens with one attached hydrogen (secondary N) is 2. The SMILES string of the molecule is N#Cc1ccc(CC(C#N)NC(=O)[C@@H](N[C@@H](c2ccc(-c3ccc([C@@H](O)C(F)F)cc3)cc2)C(F)(F)F)C2CC2)c(F)c1. The Balaban J connectivity index is 1.49. The van der Waals surface area contributed by atoms with E-state index in [1.54, 1.807) is 6.07 Å². The molecular weight excluding hydrogens is 574 g/mol. The summed E-state index contributed by atoms with van der Waals surface area (Å²) in [4.78, 5) is 13.1. The number of carbonyl (C=O) groups excluding carboxylic acids is 1. The van der Waals surface area contributed by atoms with Crippen molar-refractivity contribution in [3.05, 3.63) is 94.8 Å². The van der Waals surface area contributed by atoms with Gasteiger partial charge in [-0.1, -0.05) is 54.6 Å². The van der Waals surface area contributed by atoms with Gasteiger partial charge in [-0.2, -0.15) is 23.7 Å². The van der Waals surface area contributed by atoms with E-state index in [0.29, 0.717) is 24.0 Å². The highest BCUT2D eigenvalue weighted by molar-refractivity contribution is 5.83. The number of halogens is 6. The van der Waals surface area contributed by atoms with Gasteiger partial charge in [0.25, 0.3) is 6.43 Å². The third-order valence-electron chi connectivity index (χ3n) is 7.20. The molecule has 1 aliphatic carbocycles. The van der Waals surface area contributed by atoms with Crippen molar-refractivity contribution < 1.29 is 36.2 Å². The molecule has 3 aromatic rings. The molecular formula is C31H26F6N4O2. The Hall–Kier alpha value is -4.39. The van der Waals surface area contributed by atoms with E-state index < -0.39 is 54.5 Å². The van der Waals surface area contributed by atoms with Crippen LogP contribution in [-0.4, -0.2) is 35.7 Å². The number of nitrogens with zero attached hydrogens (tertiary/aromatic N) is 2. The van der Waals surface area contributed by atoms with E-state index in [1.165, 1.54) is 60.7 Å². The minimum absolute atomic E-state index is 0.00164. The lowest BCUT2D eigenvalue weighted by Gasteiger charge is -2.28. The van der Waals surface area contributed by atoms with Crippen LogP contribution in [0.25, 0.3) is 11.1 Å². The number of hydrogen-bond acceptors (Lipinski definition) is 5. The molecule has 0 radical (unpaired) electrons. The first-order valence-electron chi connectivity index (χ1n) is 13.3. The first-order chi connectivity index (χ1) is 20.4. The maximum absolute atomic E-state index is 14.3. The minimum atomic E-state index is -4.79. The smallest absolute Gasteiger partial charge is 0.382 e. The zero-order chi connectivity index (χ0) is 31.3. The first kappa shape index (κ1) is 31.5. The number of nitriles is 2. The average Bonchev–Trinajstić information content (AvgIpc) is 3.82. The Bertz CT molecular complexity index is 1510. The van der Waals surface area contributed by atoms with E-state index in [4.69, 9.17) is 5.26 Å². The molecule has 3 aromatic carbocycles. The number of amides is 1. The molecule has 0 bridgehead atoms. The standard InChI is InChI=1S/C31H26F6N4O2/c32-25-13-17(15-38)1-2-23(25)14-24(16-39)40-30(43)26(20-7-8-20)41-28(31(35,36)37)22-11-5-19(6-12-22)18-3-9-21(10-4-18)27(42)29(33)34/h1-6,9-13,20,24,26-29,41-42H,7-8,14H2,(H,40,43)/t24?,26-,27+,28-/m0/s1. The van der Waals surface area contributed by atoms with Crippen LogP contribution >= 0.6 is 0 Å². The van der Waals surface area contributed by atoms with Gasteiger partial charge in [0.15, 0.2) is 0 Å².